The summed E-state index contributed by atoms with van der Waals surface area (Å²) in [6, 6.07) is 20.5. The molecule has 0 saturated carbocycles. The summed E-state index contributed by atoms with van der Waals surface area (Å²) in [5.41, 5.74) is 0.477. The maximum atomic E-state index is 13.0. The number of rotatable bonds is 3. The van der Waals surface area contributed by atoms with Crippen LogP contribution in [0.25, 0.3) is 21.7 Å². The highest BCUT2D eigenvalue weighted by Gasteiger charge is 2.27. The number of para-hydroxylation sites is 1. The Balaban J connectivity index is 1.92. The van der Waals surface area contributed by atoms with Crippen molar-refractivity contribution in [3.05, 3.63) is 84.2 Å². The van der Waals surface area contributed by atoms with Crippen molar-refractivity contribution < 1.29 is 12.9 Å². The first-order chi connectivity index (χ1) is 12.1. The number of fused-ring (bicyclic) bond motifs is 2. The Bertz CT molecular complexity index is 1180. The molecule has 1 aromatic heterocycles. The van der Waals surface area contributed by atoms with E-state index in [1.54, 1.807) is 48.7 Å². The Labute approximate surface area is 144 Å². The molecule has 1 N–H and O–H groups in total. The van der Waals surface area contributed by atoms with Crippen molar-refractivity contribution in [1.29, 1.82) is 0 Å². The molecule has 1 atom stereocenters. The minimum atomic E-state index is -4.19. The Morgan fingerprint density at radius 2 is 1.48 bits per heavy atom. The van der Waals surface area contributed by atoms with E-state index < -0.39 is 14.5 Å². The van der Waals surface area contributed by atoms with Crippen molar-refractivity contribution in [3.8, 4) is 0 Å². The molecule has 0 aliphatic rings. The van der Waals surface area contributed by atoms with Crippen molar-refractivity contribution in [2.75, 3.05) is 0 Å². The van der Waals surface area contributed by atoms with E-state index in [1.807, 2.05) is 18.2 Å². The predicted octanol–water partition coefficient (Wildman–Crippen LogP) is 2.79. The Hall–Kier alpha value is -2.80. The SMILES string of the molecule is O=S(=O)(c1cccc2ccccc12)[NH+]([O-])c1cccc2cccnc12. The van der Waals surface area contributed by atoms with Crippen molar-refractivity contribution >= 4 is 37.4 Å². The number of sulfonamides is 1. The van der Waals surface area contributed by atoms with Gasteiger partial charge in [0, 0.05) is 23.0 Å². The van der Waals surface area contributed by atoms with Gasteiger partial charge in [-0.25, -0.2) is 9.45 Å². The molecule has 0 radical (unpaired) electrons. The zero-order valence-electron chi connectivity index (χ0n) is 13.1. The molecule has 0 aliphatic heterocycles. The third-order valence-corrected chi connectivity index (χ3v) is 5.78. The third-order valence-electron chi connectivity index (χ3n) is 4.14. The number of hydrogen-bond donors (Lipinski definition) is 1. The summed E-state index contributed by atoms with van der Waals surface area (Å²) in [7, 11) is -4.19. The highest BCUT2D eigenvalue weighted by molar-refractivity contribution is 7.85. The monoisotopic (exact) mass is 350 g/mol. The van der Waals surface area contributed by atoms with Gasteiger partial charge in [-0.3, -0.25) is 0 Å². The molecule has 0 fully saturated rings. The van der Waals surface area contributed by atoms with Gasteiger partial charge in [-0.15, -0.1) is 0 Å². The normalized spacial score (nSPS) is 13.2. The minimum Gasteiger partial charge on any atom is -0.612 e. The maximum Gasteiger partial charge on any atom is 0.330 e. The van der Waals surface area contributed by atoms with E-state index in [-0.39, 0.29) is 10.6 Å². The van der Waals surface area contributed by atoms with Crippen molar-refractivity contribution in [1.82, 2.24) is 4.98 Å². The van der Waals surface area contributed by atoms with Crippen LogP contribution in [0.4, 0.5) is 5.69 Å². The van der Waals surface area contributed by atoms with Crippen LogP contribution in [0.1, 0.15) is 0 Å². The number of nitrogens with zero attached hydrogens (tertiary/aromatic N) is 1. The van der Waals surface area contributed by atoms with Gasteiger partial charge in [0.1, 0.15) is 10.4 Å². The second-order valence-corrected chi connectivity index (χ2v) is 7.47. The zero-order valence-corrected chi connectivity index (χ0v) is 13.9. The molecule has 5 nitrogen and oxygen atoms in total. The number of benzene rings is 3. The number of quaternary nitrogens is 1. The molecule has 124 valence electrons. The fraction of sp³-hybridized carbons (Fsp3) is 0. The van der Waals surface area contributed by atoms with Gasteiger partial charge in [0.25, 0.3) is 0 Å². The first-order valence-corrected chi connectivity index (χ1v) is 9.18. The highest BCUT2D eigenvalue weighted by atomic mass is 32.2. The molecule has 25 heavy (non-hydrogen) atoms. The summed E-state index contributed by atoms with van der Waals surface area (Å²) in [6.45, 7) is 0. The van der Waals surface area contributed by atoms with Crippen molar-refractivity contribution in [2.24, 2.45) is 0 Å². The molecule has 0 amide bonds. The molecule has 3 aromatic carbocycles. The molecule has 0 saturated heterocycles. The summed E-state index contributed by atoms with van der Waals surface area (Å²) < 4.78 is 25.1. The summed E-state index contributed by atoms with van der Waals surface area (Å²) in [4.78, 5) is 4.20. The molecular weight excluding hydrogens is 336 g/mol. The van der Waals surface area contributed by atoms with Crippen molar-refractivity contribution in [3.63, 3.8) is 0 Å². The van der Waals surface area contributed by atoms with Crippen LogP contribution in [-0.2, 0) is 10.0 Å². The van der Waals surface area contributed by atoms with Crippen molar-refractivity contribution in [2.45, 2.75) is 4.90 Å². The molecule has 0 bridgehead atoms. The van der Waals surface area contributed by atoms with E-state index >= 15 is 0 Å². The van der Waals surface area contributed by atoms with Gasteiger partial charge in [-0.05, 0) is 17.5 Å². The van der Waals surface area contributed by atoms with Crippen LogP contribution in [0.2, 0.25) is 0 Å². The minimum absolute atomic E-state index is 0.0172. The lowest BCUT2D eigenvalue weighted by Gasteiger charge is -2.22. The fourth-order valence-corrected chi connectivity index (χ4v) is 4.33. The fourth-order valence-electron chi connectivity index (χ4n) is 2.94. The van der Waals surface area contributed by atoms with Crippen LogP contribution >= 0.6 is 0 Å². The lowest BCUT2D eigenvalue weighted by atomic mass is 10.1. The van der Waals surface area contributed by atoms with Gasteiger partial charge >= 0.3 is 10.0 Å². The molecule has 1 heterocycles. The first-order valence-electron chi connectivity index (χ1n) is 7.70. The second-order valence-electron chi connectivity index (χ2n) is 5.65. The number of nitrogens with one attached hydrogen (secondary N) is 1. The van der Waals surface area contributed by atoms with Crippen LogP contribution in [0, 0.1) is 5.21 Å². The van der Waals surface area contributed by atoms with Crippen LogP contribution in [0.5, 0.6) is 0 Å². The van der Waals surface area contributed by atoms with Gasteiger partial charge in [0.05, 0.1) is 0 Å². The number of pyridine rings is 1. The number of hydrogen-bond acceptors (Lipinski definition) is 4. The molecule has 6 heteroatoms. The predicted molar refractivity (Wildman–Crippen MR) is 96.9 cm³/mol. The standard InChI is InChI=1S/C19H14N2O3S/c22-21(17-11-3-8-15-9-5-13-20-19(15)17)25(23,24)18-12-4-7-14-6-1-2-10-16(14)18/h1-13,21H. The highest BCUT2D eigenvalue weighted by Crippen LogP contribution is 2.23. The summed E-state index contributed by atoms with van der Waals surface area (Å²) in [5, 5.41) is 14.9. The largest absolute Gasteiger partial charge is 0.612 e. The summed E-state index contributed by atoms with van der Waals surface area (Å²) >= 11 is 0. The molecule has 0 spiro atoms. The van der Waals surface area contributed by atoms with Crippen LogP contribution in [0.3, 0.4) is 0 Å². The first kappa shape index (κ1) is 15.7. The molecule has 1 unspecified atom stereocenters. The molecule has 4 rings (SSSR count). The average molecular weight is 350 g/mol. The quantitative estimate of drug-likeness (QED) is 0.577. The van der Waals surface area contributed by atoms with E-state index in [1.165, 1.54) is 12.1 Å². The molecular formula is C19H14N2O3S. The average Bonchev–Trinajstić information content (AvgIpc) is 2.66. The Kier molecular flexibility index (Phi) is 3.73. The topological polar surface area (TPSA) is 74.5 Å². The van der Waals surface area contributed by atoms with E-state index in [9.17, 15) is 13.6 Å². The van der Waals surface area contributed by atoms with Gasteiger partial charge in [0.2, 0.25) is 0 Å². The van der Waals surface area contributed by atoms with Gasteiger partial charge in [0.15, 0.2) is 5.69 Å². The van der Waals surface area contributed by atoms with E-state index in [4.69, 9.17) is 0 Å². The number of aromatic nitrogens is 1. The van der Waals surface area contributed by atoms with Crippen LogP contribution in [0.15, 0.2) is 83.9 Å². The summed E-state index contributed by atoms with van der Waals surface area (Å²) in [5.74, 6) is 0. The third kappa shape index (κ3) is 2.56. The molecule has 0 aliphatic carbocycles. The van der Waals surface area contributed by atoms with E-state index in [0.717, 1.165) is 10.8 Å². The smallest absolute Gasteiger partial charge is 0.330 e. The molecule has 4 aromatic rings. The Morgan fingerprint density at radius 3 is 2.36 bits per heavy atom. The lowest BCUT2D eigenvalue weighted by molar-refractivity contribution is -0.623. The van der Waals surface area contributed by atoms with E-state index in [0.29, 0.717) is 10.9 Å². The van der Waals surface area contributed by atoms with Gasteiger partial charge < -0.3 is 5.21 Å². The van der Waals surface area contributed by atoms with Gasteiger partial charge in [-0.1, -0.05) is 54.6 Å². The van der Waals surface area contributed by atoms with Crippen LogP contribution < -0.4 is 4.47 Å². The van der Waals surface area contributed by atoms with Crippen LogP contribution in [-0.4, -0.2) is 13.4 Å². The second kappa shape index (κ2) is 5.93. The zero-order chi connectivity index (χ0) is 17.4. The lowest BCUT2D eigenvalue weighted by Crippen LogP contribution is -3.04. The maximum absolute atomic E-state index is 13.0. The summed E-state index contributed by atoms with van der Waals surface area (Å²) in [6.07, 6.45) is 1.55. The van der Waals surface area contributed by atoms with E-state index in [2.05, 4.69) is 4.98 Å². The van der Waals surface area contributed by atoms with Gasteiger partial charge in [-0.2, -0.15) is 8.42 Å². The Morgan fingerprint density at radius 1 is 0.800 bits per heavy atom.